The zero-order valence-electron chi connectivity index (χ0n) is 19.3. The third-order valence-corrected chi connectivity index (χ3v) is 6.53. The van der Waals surface area contributed by atoms with Crippen molar-refractivity contribution < 1.29 is 23.5 Å². The summed E-state index contributed by atoms with van der Waals surface area (Å²) in [6.07, 6.45) is 5.61. The van der Waals surface area contributed by atoms with Crippen LogP contribution in [-0.4, -0.2) is 36.9 Å². The van der Waals surface area contributed by atoms with Crippen molar-refractivity contribution in [1.82, 2.24) is 10.6 Å². The molecule has 1 saturated carbocycles. The average Bonchev–Trinajstić information content (AvgIpc) is 3.30. The zero-order valence-corrected chi connectivity index (χ0v) is 19.3. The van der Waals surface area contributed by atoms with E-state index in [9.17, 15) is 18.8 Å². The van der Waals surface area contributed by atoms with Crippen LogP contribution in [0.25, 0.3) is 0 Å². The molecule has 3 amide bonds. The molecule has 7 nitrogen and oxygen atoms in total. The number of benzene rings is 2. The Morgan fingerprint density at radius 3 is 2.29 bits per heavy atom. The molecule has 0 radical (unpaired) electrons. The molecule has 4 rings (SSSR count). The molecule has 1 aliphatic carbocycles. The fourth-order valence-electron chi connectivity index (χ4n) is 4.70. The van der Waals surface area contributed by atoms with E-state index in [0.29, 0.717) is 23.4 Å². The molecule has 1 aliphatic heterocycles. The van der Waals surface area contributed by atoms with Crippen molar-refractivity contribution in [3.8, 4) is 5.75 Å². The minimum atomic E-state index is -1.03. The Kier molecular flexibility index (Phi) is 7.45. The van der Waals surface area contributed by atoms with Gasteiger partial charge in [-0.25, -0.2) is 4.39 Å². The summed E-state index contributed by atoms with van der Waals surface area (Å²) in [6, 6.07) is 10.7. The van der Waals surface area contributed by atoms with Gasteiger partial charge in [0, 0.05) is 18.2 Å². The smallest absolute Gasteiger partial charge is 0.250 e. The Hall–Kier alpha value is -3.42. The molecule has 1 saturated heterocycles. The number of rotatable bonds is 7. The first-order valence-electron chi connectivity index (χ1n) is 11.8. The molecular weight excluding hydrogens is 437 g/mol. The van der Waals surface area contributed by atoms with Crippen molar-refractivity contribution in [2.24, 2.45) is 0 Å². The van der Waals surface area contributed by atoms with E-state index in [-0.39, 0.29) is 30.2 Å². The number of anilines is 1. The lowest BCUT2D eigenvalue weighted by Gasteiger charge is -2.34. The number of carbonyl (C=O) groups excluding carboxylic acids is 3. The number of methoxy groups -OCH3 is 1. The van der Waals surface area contributed by atoms with Gasteiger partial charge in [0.2, 0.25) is 11.8 Å². The summed E-state index contributed by atoms with van der Waals surface area (Å²) in [5, 5.41) is 5.84. The Balaban J connectivity index is 1.74. The van der Waals surface area contributed by atoms with Crippen molar-refractivity contribution >= 4 is 23.4 Å². The van der Waals surface area contributed by atoms with Crippen LogP contribution in [0.5, 0.6) is 5.75 Å². The lowest BCUT2D eigenvalue weighted by atomic mass is 9.94. The number of amides is 3. The maximum atomic E-state index is 13.8. The molecule has 0 spiro atoms. The summed E-state index contributed by atoms with van der Waals surface area (Å²) in [5.74, 6) is -0.731. The van der Waals surface area contributed by atoms with Gasteiger partial charge >= 0.3 is 0 Å². The number of halogens is 1. The van der Waals surface area contributed by atoms with Gasteiger partial charge in [0.25, 0.3) is 5.91 Å². The maximum Gasteiger partial charge on any atom is 0.250 e. The lowest BCUT2D eigenvalue weighted by molar-refractivity contribution is -0.128. The quantitative estimate of drug-likeness (QED) is 0.651. The topological polar surface area (TPSA) is 87.7 Å². The van der Waals surface area contributed by atoms with Crippen LogP contribution in [0.4, 0.5) is 10.1 Å². The van der Waals surface area contributed by atoms with Crippen molar-refractivity contribution in [1.29, 1.82) is 0 Å². The summed E-state index contributed by atoms with van der Waals surface area (Å²) in [4.78, 5) is 40.7. The first-order chi connectivity index (χ1) is 16.5. The van der Waals surface area contributed by atoms with Gasteiger partial charge < -0.3 is 15.4 Å². The predicted octanol–water partition coefficient (Wildman–Crippen LogP) is 3.64. The van der Waals surface area contributed by atoms with E-state index in [0.717, 1.165) is 32.1 Å². The van der Waals surface area contributed by atoms with E-state index in [1.165, 1.54) is 29.2 Å². The summed E-state index contributed by atoms with van der Waals surface area (Å²) < 4.78 is 19.0. The molecule has 2 N–H and O–H groups in total. The average molecular weight is 468 g/mol. The van der Waals surface area contributed by atoms with Crippen LogP contribution < -0.4 is 20.3 Å². The number of nitrogens with one attached hydrogen (secondary N) is 2. The highest BCUT2D eigenvalue weighted by atomic mass is 19.1. The molecule has 2 aromatic rings. The second-order valence-electron chi connectivity index (χ2n) is 8.86. The number of ether oxygens (including phenoxy) is 1. The molecule has 2 aromatic carbocycles. The van der Waals surface area contributed by atoms with E-state index in [1.807, 2.05) is 0 Å². The highest BCUT2D eigenvalue weighted by Gasteiger charge is 2.39. The zero-order chi connectivity index (χ0) is 24.1. The fourth-order valence-corrected chi connectivity index (χ4v) is 4.70. The maximum absolute atomic E-state index is 13.8. The number of carbonyl (C=O) groups is 3. The third-order valence-electron chi connectivity index (χ3n) is 6.53. The summed E-state index contributed by atoms with van der Waals surface area (Å²) in [6.45, 7) is 0. The van der Waals surface area contributed by atoms with Gasteiger partial charge in [-0.05, 0) is 61.2 Å². The molecule has 8 heteroatoms. The standard InChI is InChI=1S/C26H30FN3O4/c1-34-21-13-11-20(12-14-21)30(26(33)22-15-16-23(31)29-22)24(17-7-9-18(27)10-8-17)25(32)28-19-5-3-2-4-6-19/h7-14,19,22,24H,2-6,15-16H2,1H3,(H,28,32)(H,29,31)/t22-,24-/m0/s1. The van der Waals surface area contributed by atoms with Gasteiger partial charge in [0.15, 0.2) is 0 Å². The second kappa shape index (κ2) is 10.7. The van der Waals surface area contributed by atoms with Gasteiger partial charge in [-0.1, -0.05) is 31.4 Å². The monoisotopic (exact) mass is 467 g/mol. The van der Waals surface area contributed by atoms with Crippen LogP contribution in [-0.2, 0) is 14.4 Å². The Labute approximate surface area is 198 Å². The highest BCUT2D eigenvalue weighted by molar-refractivity contribution is 6.05. The summed E-state index contributed by atoms with van der Waals surface area (Å²) in [7, 11) is 1.55. The molecule has 0 aromatic heterocycles. The van der Waals surface area contributed by atoms with E-state index >= 15 is 0 Å². The number of hydrogen-bond acceptors (Lipinski definition) is 4. The van der Waals surface area contributed by atoms with Crippen molar-refractivity contribution in [2.45, 2.75) is 63.1 Å². The largest absolute Gasteiger partial charge is 0.497 e. The van der Waals surface area contributed by atoms with Crippen LogP contribution in [0.2, 0.25) is 0 Å². The molecule has 0 bridgehead atoms. The lowest BCUT2D eigenvalue weighted by Crippen LogP contribution is -2.51. The van der Waals surface area contributed by atoms with E-state index < -0.39 is 17.9 Å². The van der Waals surface area contributed by atoms with E-state index in [2.05, 4.69) is 10.6 Å². The number of hydrogen-bond donors (Lipinski definition) is 2. The summed E-state index contributed by atoms with van der Waals surface area (Å²) in [5.41, 5.74) is 0.975. The van der Waals surface area contributed by atoms with Crippen LogP contribution in [0.15, 0.2) is 48.5 Å². The van der Waals surface area contributed by atoms with Crippen LogP contribution in [0.1, 0.15) is 56.6 Å². The van der Waals surface area contributed by atoms with E-state index in [4.69, 9.17) is 4.74 Å². The van der Waals surface area contributed by atoms with E-state index in [1.54, 1.807) is 31.4 Å². The molecule has 34 heavy (non-hydrogen) atoms. The van der Waals surface area contributed by atoms with Crippen molar-refractivity contribution in [3.63, 3.8) is 0 Å². The van der Waals surface area contributed by atoms with Gasteiger partial charge in [-0.3, -0.25) is 19.3 Å². The normalized spacial score (nSPS) is 19.2. The van der Waals surface area contributed by atoms with Gasteiger partial charge in [-0.2, -0.15) is 0 Å². The second-order valence-corrected chi connectivity index (χ2v) is 8.86. The molecule has 2 atom stereocenters. The molecule has 2 fully saturated rings. The van der Waals surface area contributed by atoms with Crippen LogP contribution in [0.3, 0.4) is 0 Å². The van der Waals surface area contributed by atoms with Crippen LogP contribution >= 0.6 is 0 Å². The predicted molar refractivity (Wildman–Crippen MR) is 126 cm³/mol. The molecule has 2 aliphatic rings. The third kappa shape index (κ3) is 5.38. The molecule has 180 valence electrons. The van der Waals surface area contributed by atoms with Gasteiger partial charge in [0.1, 0.15) is 23.7 Å². The highest BCUT2D eigenvalue weighted by Crippen LogP contribution is 2.32. The SMILES string of the molecule is COc1ccc(N(C(=O)[C@@H]2CCC(=O)N2)[C@H](C(=O)NC2CCCCC2)c2ccc(F)cc2)cc1. The van der Waals surface area contributed by atoms with Gasteiger partial charge in [0.05, 0.1) is 7.11 Å². The Bertz CT molecular complexity index is 1020. The first kappa shape index (κ1) is 23.7. The fraction of sp³-hybridized carbons (Fsp3) is 0.423. The minimum Gasteiger partial charge on any atom is -0.497 e. The van der Waals surface area contributed by atoms with Gasteiger partial charge in [-0.15, -0.1) is 0 Å². The Morgan fingerprint density at radius 1 is 1.03 bits per heavy atom. The molecular formula is C26H30FN3O4. The van der Waals surface area contributed by atoms with Crippen molar-refractivity contribution in [3.05, 3.63) is 59.9 Å². The van der Waals surface area contributed by atoms with Crippen molar-refractivity contribution in [2.75, 3.05) is 12.0 Å². The molecule has 1 heterocycles. The number of nitrogens with zero attached hydrogens (tertiary/aromatic N) is 1. The van der Waals surface area contributed by atoms with Crippen LogP contribution in [0, 0.1) is 5.82 Å². The Morgan fingerprint density at radius 2 is 1.71 bits per heavy atom. The minimum absolute atomic E-state index is 0.0307. The first-order valence-corrected chi connectivity index (χ1v) is 11.8. The molecule has 0 unspecified atom stereocenters. The summed E-state index contributed by atoms with van der Waals surface area (Å²) >= 11 is 0.